The SMILES string of the molecule is COCC(=O)Cc1ccc(OCc2ccccc2)cc1. The van der Waals surface area contributed by atoms with Gasteiger partial charge < -0.3 is 9.47 Å². The molecule has 104 valence electrons. The van der Waals surface area contributed by atoms with Crippen LogP contribution in [0.25, 0.3) is 0 Å². The van der Waals surface area contributed by atoms with E-state index in [9.17, 15) is 4.79 Å². The van der Waals surface area contributed by atoms with Crippen LogP contribution in [0.5, 0.6) is 5.75 Å². The molecule has 0 aliphatic heterocycles. The molecule has 0 saturated carbocycles. The predicted molar refractivity (Wildman–Crippen MR) is 77.8 cm³/mol. The molecule has 0 N–H and O–H groups in total. The molecule has 0 bridgehead atoms. The Kier molecular flexibility index (Phi) is 5.33. The van der Waals surface area contributed by atoms with Crippen LogP contribution in [0, 0.1) is 0 Å². The van der Waals surface area contributed by atoms with Gasteiger partial charge in [-0.1, -0.05) is 42.5 Å². The van der Waals surface area contributed by atoms with Gasteiger partial charge in [-0.25, -0.2) is 0 Å². The Hall–Kier alpha value is -2.13. The molecule has 0 fully saturated rings. The summed E-state index contributed by atoms with van der Waals surface area (Å²) in [5.74, 6) is 0.877. The highest BCUT2D eigenvalue weighted by Crippen LogP contribution is 2.14. The fourth-order valence-corrected chi connectivity index (χ4v) is 1.88. The monoisotopic (exact) mass is 270 g/mol. The van der Waals surface area contributed by atoms with Crippen molar-refractivity contribution in [3.8, 4) is 5.75 Å². The molecular weight excluding hydrogens is 252 g/mol. The average Bonchev–Trinajstić information content (AvgIpc) is 2.48. The van der Waals surface area contributed by atoms with Crippen molar-refractivity contribution in [2.75, 3.05) is 13.7 Å². The summed E-state index contributed by atoms with van der Waals surface area (Å²) in [4.78, 5) is 11.5. The fourth-order valence-electron chi connectivity index (χ4n) is 1.88. The number of Topliss-reactive ketones (excluding diaryl/α,β-unsaturated/α-hetero) is 1. The molecule has 20 heavy (non-hydrogen) atoms. The van der Waals surface area contributed by atoms with E-state index in [1.165, 1.54) is 7.11 Å². The zero-order chi connectivity index (χ0) is 14.2. The number of ketones is 1. The summed E-state index contributed by atoms with van der Waals surface area (Å²) < 4.78 is 10.5. The van der Waals surface area contributed by atoms with Crippen LogP contribution in [0.4, 0.5) is 0 Å². The minimum atomic E-state index is 0.0745. The maximum Gasteiger partial charge on any atom is 0.162 e. The molecule has 0 amide bonds. The minimum absolute atomic E-state index is 0.0745. The maximum absolute atomic E-state index is 11.5. The Morgan fingerprint density at radius 1 is 0.950 bits per heavy atom. The number of hydrogen-bond donors (Lipinski definition) is 0. The zero-order valence-corrected chi connectivity index (χ0v) is 11.5. The quantitative estimate of drug-likeness (QED) is 0.775. The highest BCUT2D eigenvalue weighted by molar-refractivity contribution is 5.82. The second kappa shape index (κ2) is 7.46. The van der Waals surface area contributed by atoms with Gasteiger partial charge in [0.15, 0.2) is 5.78 Å². The summed E-state index contributed by atoms with van der Waals surface area (Å²) in [7, 11) is 1.53. The third-order valence-corrected chi connectivity index (χ3v) is 2.88. The summed E-state index contributed by atoms with van der Waals surface area (Å²) in [6.07, 6.45) is 0.396. The third kappa shape index (κ3) is 4.52. The summed E-state index contributed by atoms with van der Waals surface area (Å²) in [5.41, 5.74) is 2.10. The number of methoxy groups -OCH3 is 1. The average molecular weight is 270 g/mol. The summed E-state index contributed by atoms with van der Waals surface area (Å²) in [5, 5.41) is 0. The first-order valence-corrected chi connectivity index (χ1v) is 6.54. The molecular formula is C17H18O3. The number of ether oxygens (including phenoxy) is 2. The van der Waals surface area contributed by atoms with E-state index in [2.05, 4.69) is 0 Å². The minimum Gasteiger partial charge on any atom is -0.489 e. The van der Waals surface area contributed by atoms with E-state index in [0.717, 1.165) is 16.9 Å². The Bertz CT molecular complexity index is 532. The number of benzene rings is 2. The normalized spacial score (nSPS) is 10.2. The Labute approximate surface area is 119 Å². The summed E-state index contributed by atoms with van der Waals surface area (Å²) in [6.45, 7) is 0.703. The summed E-state index contributed by atoms with van der Waals surface area (Å²) >= 11 is 0. The largest absolute Gasteiger partial charge is 0.489 e. The Balaban J connectivity index is 1.87. The van der Waals surface area contributed by atoms with E-state index in [4.69, 9.17) is 9.47 Å². The van der Waals surface area contributed by atoms with Crippen LogP contribution >= 0.6 is 0 Å². The fraction of sp³-hybridized carbons (Fsp3) is 0.235. The molecule has 0 aromatic heterocycles. The van der Waals surface area contributed by atoms with Crippen molar-refractivity contribution in [1.29, 1.82) is 0 Å². The van der Waals surface area contributed by atoms with Gasteiger partial charge in [-0.3, -0.25) is 4.79 Å². The van der Waals surface area contributed by atoms with Crippen molar-refractivity contribution in [1.82, 2.24) is 0 Å². The van der Waals surface area contributed by atoms with Crippen molar-refractivity contribution >= 4 is 5.78 Å². The second-order valence-electron chi connectivity index (χ2n) is 4.57. The first-order valence-electron chi connectivity index (χ1n) is 6.54. The lowest BCUT2D eigenvalue weighted by Gasteiger charge is -2.07. The third-order valence-electron chi connectivity index (χ3n) is 2.88. The number of hydrogen-bond acceptors (Lipinski definition) is 3. The lowest BCUT2D eigenvalue weighted by molar-refractivity contribution is -0.121. The van der Waals surface area contributed by atoms with Crippen LogP contribution in [0.15, 0.2) is 54.6 Å². The standard InChI is InChI=1S/C17H18O3/c1-19-13-16(18)11-14-7-9-17(10-8-14)20-12-15-5-3-2-4-6-15/h2-10H,11-13H2,1H3. The van der Waals surface area contributed by atoms with Gasteiger partial charge in [-0.05, 0) is 23.3 Å². The zero-order valence-electron chi connectivity index (χ0n) is 11.5. The molecule has 0 aliphatic rings. The van der Waals surface area contributed by atoms with E-state index in [1.807, 2.05) is 54.6 Å². The highest BCUT2D eigenvalue weighted by Gasteiger charge is 2.03. The predicted octanol–water partition coefficient (Wildman–Crippen LogP) is 3.02. The molecule has 0 atom stereocenters. The van der Waals surface area contributed by atoms with Gasteiger partial charge in [0.05, 0.1) is 0 Å². The van der Waals surface area contributed by atoms with Crippen LogP contribution in [-0.4, -0.2) is 19.5 Å². The second-order valence-corrected chi connectivity index (χ2v) is 4.57. The van der Waals surface area contributed by atoms with Crippen LogP contribution in [0.2, 0.25) is 0 Å². The molecule has 2 rings (SSSR count). The van der Waals surface area contributed by atoms with E-state index >= 15 is 0 Å². The van der Waals surface area contributed by atoms with Gasteiger partial charge in [-0.2, -0.15) is 0 Å². The number of carbonyl (C=O) groups excluding carboxylic acids is 1. The first-order chi connectivity index (χ1) is 9.78. The molecule has 0 radical (unpaired) electrons. The highest BCUT2D eigenvalue weighted by atomic mass is 16.5. The van der Waals surface area contributed by atoms with Gasteiger partial charge >= 0.3 is 0 Å². The molecule has 0 aliphatic carbocycles. The molecule has 0 saturated heterocycles. The number of rotatable bonds is 7. The van der Waals surface area contributed by atoms with Gasteiger partial charge in [0, 0.05) is 13.5 Å². The van der Waals surface area contributed by atoms with Crippen LogP contribution in [-0.2, 0) is 22.6 Å². The van der Waals surface area contributed by atoms with Gasteiger partial charge in [0.1, 0.15) is 19.0 Å². The van der Waals surface area contributed by atoms with Crippen LogP contribution < -0.4 is 4.74 Å². The van der Waals surface area contributed by atoms with Crippen molar-refractivity contribution in [3.63, 3.8) is 0 Å². The van der Waals surface area contributed by atoms with E-state index in [0.29, 0.717) is 13.0 Å². The van der Waals surface area contributed by atoms with Crippen molar-refractivity contribution < 1.29 is 14.3 Å². The maximum atomic E-state index is 11.5. The number of carbonyl (C=O) groups is 1. The van der Waals surface area contributed by atoms with Gasteiger partial charge in [0.2, 0.25) is 0 Å². The van der Waals surface area contributed by atoms with Crippen molar-refractivity contribution in [3.05, 3.63) is 65.7 Å². The summed E-state index contributed by atoms with van der Waals surface area (Å²) in [6, 6.07) is 17.6. The topological polar surface area (TPSA) is 35.5 Å². The van der Waals surface area contributed by atoms with Gasteiger partial charge in [-0.15, -0.1) is 0 Å². The first kappa shape index (κ1) is 14.3. The molecule has 0 heterocycles. The lowest BCUT2D eigenvalue weighted by atomic mass is 10.1. The van der Waals surface area contributed by atoms with Gasteiger partial charge in [0.25, 0.3) is 0 Å². The van der Waals surface area contributed by atoms with E-state index < -0.39 is 0 Å². The molecule has 3 nitrogen and oxygen atoms in total. The molecule has 2 aromatic rings. The van der Waals surface area contributed by atoms with E-state index in [1.54, 1.807) is 0 Å². The molecule has 0 spiro atoms. The van der Waals surface area contributed by atoms with Crippen LogP contribution in [0.3, 0.4) is 0 Å². The Morgan fingerprint density at radius 3 is 2.30 bits per heavy atom. The van der Waals surface area contributed by atoms with E-state index in [-0.39, 0.29) is 12.4 Å². The molecule has 2 aromatic carbocycles. The van der Waals surface area contributed by atoms with Crippen molar-refractivity contribution in [2.45, 2.75) is 13.0 Å². The smallest absolute Gasteiger partial charge is 0.162 e. The van der Waals surface area contributed by atoms with Crippen LogP contribution in [0.1, 0.15) is 11.1 Å². The Morgan fingerprint density at radius 2 is 1.65 bits per heavy atom. The molecule has 0 unspecified atom stereocenters. The lowest BCUT2D eigenvalue weighted by Crippen LogP contribution is -2.09. The van der Waals surface area contributed by atoms with Crippen molar-refractivity contribution in [2.24, 2.45) is 0 Å². The molecule has 3 heteroatoms.